The molecule has 0 saturated carbocycles. The van der Waals surface area contributed by atoms with Gasteiger partial charge in [0.2, 0.25) is 0 Å². The molecular formula is C21H38BF4NO2. The molecule has 0 aliphatic heterocycles. The van der Waals surface area contributed by atoms with Crippen molar-refractivity contribution >= 4 is 7.25 Å². The molecule has 0 heterocycles. The van der Waals surface area contributed by atoms with E-state index in [4.69, 9.17) is 0 Å². The number of benzene rings is 1. The Kier molecular flexibility index (Phi) is 17.0. The van der Waals surface area contributed by atoms with Crippen LogP contribution in [0.2, 0.25) is 0 Å². The summed E-state index contributed by atoms with van der Waals surface area (Å²) < 4.78 is 39.0. The van der Waals surface area contributed by atoms with E-state index in [1.165, 1.54) is 69.8 Å². The normalized spacial score (nSPS) is 12.6. The van der Waals surface area contributed by atoms with E-state index >= 15 is 0 Å². The predicted molar refractivity (Wildman–Crippen MR) is 111 cm³/mol. The molecule has 0 aromatic heterocycles. The fourth-order valence-corrected chi connectivity index (χ4v) is 3.25. The van der Waals surface area contributed by atoms with Gasteiger partial charge in [0.1, 0.15) is 6.04 Å². The lowest BCUT2D eigenvalue weighted by molar-refractivity contribution is -0.698. The van der Waals surface area contributed by atoms with Crippen molar-refractivity contribution in [2.75, 3.05) is 6.54 Å². The Morgan fingerprint density at radius 3 is 1.69 bits per heavy atom. The number of hydrogen-bond acceptors (Lipinski definition) is 2. The number of aliphatic hydroxyl groups excluding tert-OH is 1. The topological polar surface area (TPSA) is 57.1 Å². The molecule has 3 nitrogen and oxygen atoms in total. The van der Waals surface area contributed by atoms with Gasteiger partial charge in [0, 0.05) is 5.56 Å². The van der Waals surface area contributed by atoms with Gasteiger partial charge in [-0.15, -0.1) is 0 Å². The maximum absolute atomic E-state index is 9.75. The van der Waals surface area contributed by atoms with Gasteiger partial charge in [-0.3, -0.25) is 0 Å². The van der Waals surface area contributed by atoms with E-state index in [2.05, 4.69) is 24.4 Å². The average molecular weight is 423 g/mol. The molecule has 0 bridgehead atoms. The monoisotopic (exact) mass is 423 g/mol. The van der Waals surface area contributed by atoms with Crippen LogP contribution in [0.1, 0.15) is 89.2 Å². The van der Waals surface area contributed by atoms with Crippen LogP contribution in [0, 0.1) is 0 Å². The predicted octanol–water partition coefficient (Wildman–Crippen LogP) is 5.21. The molecule has 1 aromatic carbocycles. The highest BCUT2D eigenvalue weighted by Crippen LogP contribution is 2.14. The number of unbranched alkanes of at least 4 members (excludes halogenated alkanes) is 9. The third-order valence-corrected chi connectivity index (χ3v) is 4.70. The maximum Gasteiger partial charge on any atom is 0.673 e. The first-order valence-corrected chi connectivity index (χ1v) is 10.9. The van der Waals surface area contributed by atoms with Crippen molar-refractivity contribution < 1.29 is 32.8 Å². The fourth-order valence-electron chi connectivity index (χ4n) is 3.25. The van der Waals surface area contributed by atoms with Crippen molar-refractivity contribution in [3.05, 3.63) is 35.9 Å². The second kappa shape index (κ2) is 17.7. The van der Waals surface area contributed by atoms with Gasteiger partial charge in [-0.2, -0.15) is 0 Å². The zero-order chi connectivity index (χ0) is 22.0. The minimum atomic E-state index is -6.00. The number of quaternary nitrogens is 1. The summed E-state index contributed by atoms with van der Waals surface area (Å²) in [6, 6.07) is 10.3. The molecule has 170 valence electrons. The van der Waals surface area contributed by atoms with Crippen molar-refractivity contribution in [2.24, 2.45) is 0 Å². The number of aliphatic hydroxyl groups is 2. The van der Waals surface area contributed by atoms with Crippen LogP contribution in [-0.2, 0) is 0 Å². The Hall–Kier alpha value is -1.12. The Bertz CT molecular complexity index is 469. The first-order chi connectivity index (χ1) is 13.7. The number of rotatable bonds is 15. The molecule has 1 atom stereocenters. The van der Waals surface area contributed by atoms with Crippen molar-refractivity contribution in [1.82, 2.24) is 0 Å². The van der Waals surface area contributed by atoms with Crippen LogP contribution in [0.3, 0.4) is 0 Å². The largest absolute Gasteiger partial charge is 0.673 e. The third-order valence-electron chi connectivity index (χ3n) is 4.70. The minimum Gasteiger partial charge on any atom is -0.418 e. The summed E-state index contributed by atoms with van der Waals surface area (Å²) in [6.07, 6.45) is 12.7. The molecule has 0 fully saturated rings. The summed E-state index contributed by atoms with van der Waals surface area (Å²) in [5, 5.41) is 20.9. The van der Waals surface area contributed by atoms with Crippen molar-refractivity contribution in [1.29, 1.82) is 0 Å². The lowest BCUT2D eigenvalue weighted by Gasteiger charge is -2.17. The fraction of sp³-hybridized carbons (Fsp3) is 0.714. The van der Waals surface area contributed by atoms with Gasteiger partial charge in [0.05, 0.1) is 13.0 Å². The molecule has 1 unspecified atom stereocenters. The van der Waals surface area contributed by atoms with Gasteiger partial charge in [0.25, 0.3) is 0 Å². The molecule has 0 saturated heterocycles. The van der Waals surface area contributed by atoms with E-state index in [-0.39, 0.29) is 6.04 Å². The summed E-state index contributed by atoms with van der Waals surface area (Å²) in [7, 11) is -6.00. The van der Waals surface area contributed by atoms with Crippen LogP contribution in [0.5, 0.6) is 0 Å². The van der Waals surface area contributed by atoms with Crippen LogP contribution >= 0.6 is 0 Å². The first kappa shape index (κ1) is 27.9. The zero-order valence-corrected chi connectivity index (χ0v) is 17.6. The second-order valence-electron chi connectivity index (χ2n) is 7.43. The number of halogens is 4. The standard InChI is InChI=1S/C21H37NO2.BF4/c1-2-3-4-5-6-7-8-9-10-14-17-22-20(18-21(23)24)19-15-12-11-13-16-19;2-1(3,4)5/h11-13,15-16,20-24H,2-10,14,17-18H2,1H3;/q;-1/p+1. The average Bonchev–Trinajstić information content (AvgIpc) is 2.64. The third kappa shape index (κ3) is 21.4. The molecule has 4 N–H and O–H groups in total. The molecular weight excluding hydrogens is 385 g/mol. The Morgan fingerprint density at radius 2 is 1.24 bits per heavy atom. The van der Waals surface area contributed by atoms with E-state index in [0.29, 0.717) is 6.42 Å². The summed E-state index contributed by atoms with van der Waals surface area (Å²) in [5.41, 5.74) is 1.18. The lowest BCUT2D eigenvalue weighted by Crippen LogP contribution is -2.85. The zero-order valence-electron chi connectivity index (χ0n) is 17.6. The smallest absolute Gasteiger partial charge is 0.418 e. The number of nitrogens with two attached hydrogens (primary N) is 1. The van der Waals surface area contributed by atoms with E-state index in [9.17, 15) is 27.5 Å². The summed E-state index contributed by atoms with van der Waals surface area (Å²) in [5.74, 6) is 0. The molecule has 1 rings (SSSR count). The van der Waals surface area contributed by atoms with Gasteiger partial charge in [-0.05, 0) is 12.8 Å². The Labute approximate surface area is 173 Å². The number of hydrogen-bond donors (Lipinski definition) is 3. The van der Waals surface area contributed by atoms with Crippen molar-refractivity contribution in [2.45, 2.75) is 89.9 Å². The van der Waals surface area contributed by atoms with Gasteiger partial charge < -0.3 is 32.8 Å². The van der Waals surface area contributed by atoms with Gasteiger partial charge >= 0.3 is 7.25 Å². The minimum absolute atomic E-state index is 0.143. The van der Waals surface area contributed by atoms with E-state index < -0.39 is 13.5 Å². The van der Waals surface area contributed by atoms with Gasteiger partial charge in [0.15, 0.2) is 6.29 Å². The first-order valence-electron chi connectivity index (χ1n) is 10.9. The summed E-state index contributed by atoms with van der Waals surface area (Å²) in [6.45, 7) is 3.32. The summed E-state index contributed by atoms with van der Waals surface area (Å²) >= 11 is 0. The quantitative estimate of drug-likeness (QED) is 0.157. The molecule has 0 aliphatic rings. The molecule has 0 spiro atoms. The highest BCUT2D eigenvalue weighted by atomic mass is 19.5. The molecule has 8 heteroatoms. The van der Waals surface area contributed by atoms with Gasteiger partial charge in [-0.25, -0.2) is 0 Å². The molecule has 29 heavy (non-hydrogen) atoms. The molecule has 0 amide bonds. The van der Waals surface area contributed by atoms with E-state index in [1.54, 1.807) is 0 Å². The van der Waals surface area contributed by atoms with Crippen LogP contribution in [0.4, 0.5) is 17.3 Å². The highest BCUT2D eigenvalue weighted by Gasteiger charge is 2.20. The highest BCUT2D eigenvalue weighted by molar-refractivity contribution is 6.50. The van der Waals surface area contributed by atoms with E-state index in [0.717, 1.165) is 6.54 Å². The summed E-state index contributed by atoms with van der Waals surface area (Å²) in [4.78, 5) is 0. The molecule has 1 aromatic rings. The van der Waals surface area contributed by atoms with Crippen LogP contribution in [0.15, 0.2) is 30.3 Å². The Balaban J connectivity index is 0.00000139. The van der Waals surface area contributed by atoms with Crippen molar-refractivity contribution in [3.63, 3.8) is 0 Å². The Morgan fingerprint density at radius 1 is 0.793 bits per heavy atom. The van der Waals surface area contributed by atoms with E-state index in [1.807, 2.05) is 18.2 Å². The van der Waals surface area contributed by atoms with Crippen molar-refractivity contribution in [3.8, 4) is 0 Å². The van der Waals surface area contributed by atoms with Crippen LogP contribution in [-0.4, -0.2) is 30.3 Å². The molecule has 0 radical (unpaired) electrons. The molecule has 0 aliphatic carbocycles. The van der Waals surface area contributed by atoms with Crippen LogP contribution < -0.4 is 5.32 Å². The maximum atomic E-state index is 9.75. The SMILES string of the molecule is CCCCCCCCCCCC[NH2+]C(CC(O)O)c1ccccc1.F[B-](F)(F)F. The van der Waals surface area contributed by atoms with Crippen LogP contribution in [0.25, 0.3) is 0 Å². The lowest BCUT2D eigenvalue weighted by atomic mass is 10.0. The second-order valence-corrected chi connectivity index (χ2v) is 7.43. The van der Waals surface area contributed by atoms with Gasteiger partial charge in [-0.1, -0.05) is 88.6 Å².